The molecular weight excluding hydrogens is 346 g/mol. The molecule has 138 valence electrons. The first-order valence-electron chi connectivity index (χ1n) is 9.59. The average Bonchev–Trinajstić information content (AvgIpc) is 3.40. The number of nitrogens with zero attached hydrogens (tertiary/aromatic N) is 3. The van der Waals surface area contributed by atoms with Gasteiger partial charge in [0.25, 0.3) is 0 Å². The Morgan fingerprint density at radius 2 is 1.77 bits per heavy atom. The van der Waals surface area contributed by atoms with Gasteiger partial charge >= 0.3 is 0 Å². The zero-order valence-corrected chi connectivity index (χ0v) is 16.0. The Morgan fingerprint density at radius 3 is 2.46 bits per heavy atom. The van der Waals surface area contributed by atoms with E-state index in [1.807, 2.05) is 0 Å². The van der Waals surface area contributed by atoms with E-state index in [9.17, 15) is 0 Å². The number of halogens is 1. The van der Waals surface area contributed by atoms with E-state index in [0.717, 1.165) is 49.1 Å². The minimum atomic E-state index is 0.594. The predicted octanol–water partition coefficient (Wildman–Crippen LogP) is 4.76. The lowest BCUT2D eigenvalue weighted by Gasteiger charge is -2.32. The molecule has 0 amide bonds. The van der Waals surface area contributed by atoms with Crippen molar-refractivity contribution in [2.75, 3.05) is 24.6 Å². The van der Waals surface area contributed by atoms with Crippen molar-refractivity contribution in [2.24, 2.45) is 17.8 Å². The number of ether oxygens (including phenoxy) is 1. The van der Waals surface area contributed by atoms with Crippen LogP contribution in [0.3, 0.4) is 0 Å². The summed E-state index contributed by atoms with van der Waals surface area (Å²) in [6, 6.07) is 8.36. The minimum absolute atomic E-state index is 0.594. The van der Waals surface area contributed by atoms with Gasteiger partial charge in [0.1, 0.15) is 5.75 Å². The van der Waals surface area contributed by atoms with Crippen molar-refractivity contribution in [1.29, 1.82) is 0 Å². The smallest absolute Gasteiger partial charge is 0.225 e. The maximum atomic E-state index is 5.95. The largest absolute Gasteiger partial charge is 0.493 e. The van der Waals surface area contributed by atoms with Crippen LogP contribution in [-0.4, -0.2) is 29.7 Å². The molecule has 0 unspecified atom stereocenters. The first-order chi connectivity index (χ1) is 12.7. The van der Waals surface area contributed by atoms with Crippen molar-refractivity contribution in [3.63, 3.8) is 0 Å². The van der Waals surface area contributed by atoms with Gasteiger partial charge in [-0.3, -0.25) is 0 Å². The molecule has 1 aromatic heterocycles. The third-order valence-corrected chi connectivity index (χ3v) is 5.89. The summed E-state index contributed by atoms with van der Waals surface area (Å²) >= 11 is 5.87. The molecule has 2 heterocycles. The molecule has 4 rings (SSSR count). The number of benzene rings is 1. The van der Waals surface area contributed by atoms with Crippen LogP contribution in [0.1, 0.15) is 31.2 Å². The first-order valence-corrected chi connectivity index (χ1v) is 9.97. The molecule has 0 N–H and O–H groups in total. The Bertz CT molecular complexity index is 711. The molecule has 0 spiro atoms. The van der Waals surface area contributed by atoms with Gasteiger partial charge in [-0.2, -0.15) is 0 Å². The fourth-order valence-electron chi connectivity index (χ4n) is 3.91. The average molecular weight is 372 g/mol. The number of hydrogen-bond donors (Lipinski definition) is 0. The Labute approximate surface area is 160 Å². The van der Waals surface area contributed by atoms with Crippen LogP contribution in [0.2, 0.25) is 5.02 Å². The van der Waals surface area contributed by atoms with Crippen LogP contribution >= 0.6 is 11.6 Å². The Morgan fingerprint density at radius 1 is 1.08 bits per heavy atom. The van der Waals surface area contributed by atoms with Crippen LogP contribution in [0.5, 0.6) is 5.75 Å². The third kappa shape index (κ3) is 4.47. The van der Waals surface area contributed by atoms with Crippen LogP contribution in [0.15, 0.2) is 36.7 Å². The summed E-state index contributed by atoms with van der Waals surface area (Å²) in [5.74, 6) is 4.23. The highest BCUT2D eigenvalue weighted by Crippen LogP contribution is 2.45. The first kappa shape index (κ1) is 17.6. The minimum Gasteiger partial charge on any atom is -0.493 e. The molecule has 0 bridgehead atoms. The highest BCUT2D eigenvalue weighted by atomic mass is 35.5. The number of aromatic nitrogens is 2. The molecule has 4 nitrogen and oxygen atoms in total. The SMILES string of the molecule is Cc1ccc(OC[C@H]2C[C@@H]2CC2CCN(c3ncc(Cl)cn3)CC2)cc1. The summed E-state index contributed by atoms with van der Waals surface area (Å²) in [4.78, 5) is 10.9. The van der Waals surface area contributed by atoms with Crippen LogP contribution in [-0.2, 0) is 0 Å². The quantitative estimate of drug-likeness (QED) is 0.733. The van der Waals surface area contributed by atoms with E-state index in [0.29, 0.717) is 5.02 Å². The topological polar surface area (TPSA) is 38.2 Å². The summed E-state index contributed by atoms with van der Waals surface area (Å²) in [6.07, 6.45) is 8.49. The molecule has 26 heavy (non-hydrogen) atoms. The normalized spacial score (nSPS) is 23.1. The standard InChI is InChI=1S/C21H26ClN3O/c1-15-2-4-20(5-3-15)26-14-18-11-17(18)10-16-6-8-25(9-7-16)21-23-12-19(22)13-24-21/h2-5,12-13,16-18H,6-11,14H2,1H3/t17-,18+/m0/s1. The third-order valence-electron chi connectivity index (χ3n) is 5.69. The molecule has 1 aliphatic carbocycles. The van der Waals surface area contributed by atoms with Crippen molar-refractivity contribution < 1.29 is 4.74 Å². The second-order valence-corrected chi connectivity index (χ2v) is 8.18. The number of piperidine rings is 1. The van der Waals surface area contributed by atoms with E-state index in [2.05, 4.69) is 46.1 Å². The highest BCUT2D eigenvalue weighted by molar-refractivity contribution is 6.30. The van der Waals surface area contributed by atoms with Crippen molar-refractivity contribution in [2.45, 2.75) is 32.6 Å². The second-order valence-electron chi connectivity index (χ2n) is 7.75. The van der Waals surface area contributed by atoms with Crippen molar-refractivity contribution in [1.82, 2.24) is 9.97 Å². The number of anilines is 1. The molecular formula is C21H26ClN3O. The Kier molecular flexibility index (Phi) is 5.30. The second kappa shape index (κ2) is 7.83. The van der Waals surface area contributed by atoms with Crippen LogP contribution < -0.4 is 9.64 Å². The van der Waals surface area contributed by atoms with Gasteiger partial charge in [-0.25, -0.2) is 9.97 Å². The van der Waals surface area contributed by atoms with Crippen molar-refractivity contribution in [3.05, 3.63) is 47.2 Å². The van der Waals surface area contributed by atoms with Gasteiger partial charge in [0, 0.05) is 13.1 Å². The monoisotopic (exact) mass is 371 g/mol. The molecule has 1 aliphatic heterocycles. The molecule has 2 aliphatic rings. The Hall–Kier alpha value is -1.81. The Balaban J connectivity index is 1.17. The molecule has 1 saturated heterocycles. The van der Waals surface area contributed by atoms with Gasteiger partial charge in [-0.05, 0) is 62.5 Å². The fourth-order valence-corrected chi connectivity index (χ4v) is 4.00. The highest BCUT2D eigenvalue weighted by Gasteiger charge is 2.39. The van der Waals surface area contributed by atoms with E-state index in [-0.39, 0.29) is 0 Å². The summed E-state index contributed by atoms with van der Waals surface area (Å²) in [7, 11) is 0. The van der Waals surface area contributed by atoms with E-state index in [1.54, 1.807) is 12.4 Å². The molecule has 2 aromatic rings. The van der Waals surface area contributed by atoms with Crippen LogP contribution in [0.25, 0.3) is 0 Å². The van der Waals surface area contributed by atoms with Gasteiger partial charge in [-0.15, -0.1) is 0 Å². The number of aryl methyl sites for hydroxylation is 1. The maximum Gasteiger partial charge on any atom is 0.225 e. The van der Waals surface area contributed by atoms with E-state index in [1.165, 1.54) is 31.2 Å². The van der Waals surface area contributed by atoms with Gasteiger partial charge in [0.05, 0.1) is 24.0 Å². The predicted molar refractivity (Wildman–Crippen MR) is 105 cm³/mol. The molecule has 0 radical (unpaired) electrons. The fraction of sp³-hybridized carbons (Fsp3) is 0.524. The number of hydrogen-bond acceptors (Lipinski definition) is 4. The zero-order chi connectivity index (χ0) is 17.9. The van der Waals surface area contributed by atoms with Crippen molar-refractivity contribution in [3.8, 4) is 5.75 Å². The number of rotatable bonds is 6. The van der Waals surface area contributed by atoms with Crippen LogP contribution in [0.4, 0.5) is 5.95 Å². The lowest BCUT2D eigenvalue weighted by atomic mass is 9.91. The van der Waals surface area contributed by atoms with Crippen LogP contribution in [0, 0.1) is 24.7 Å². The maximum absolute atomic E-state index is 5.95. The molecule has 5 heteroatoms. The molecule has 1 aromatic carbocycles. The summed E-state index contributed by atoms with van der Waals surface area (Å²) in [6.45, 7) is 5.06. The summed E-state index contributed by atoms with van der Waals surface area (Å²) < 4.78 is 5.95. The summed E-state index contributed by atoms with van der Waals surface area (Å²) in [5.41, 5.74) is 1.27. The molecule has 1 saturated carbocycles. The van der Waals surface area contributed by atoms with Gasteiger partial charge in [0.15, 0.2) is 0 Å². The van der Waals surface area contributed by atoms with E-state index >= 15 is 0 Å². The lowest BCUT2D eigenvalue weighted by Crippen LogP contribution is -2.35. The molecule has 2 atom stereocenters. The molecule has 2 fully saturated rings. The van der Waals surface area contributed by atoms with E-state index in [4.69, 9.17) is 16.3 Å². The summed E-state index contributed by atoms with van der Waals surface area (Å²) in [5, 5.41) is 0.594. The van der Waals surface area contributed by atoms with Crippen molar-refractivity contribution >= 4 is 17.5 Å². The zero-order valence-electron chi connectivity index (χ0n) is 15.3. The van der Waals surface area contributed by atoms with E-state index < -0.39 is 0 Å². The van der Waals surface area contributed by atoms with Gasteiger partial charge < -0.3 is 9.64 Å². The van der Waals surface area contributed by atoms with Gasteiger partial charge in [-0.1, -0.05) is 29.3 Å². The lowest BCUT2D eigenvalue weighted by molar-refractivity contribution is 0.279. The van der Waals surface area contributed by atoms with Gasteiger partial charge in [0.2, 0.25) is 5.95 Å².